The molecular weight excluding hydrogens is 1470 g/mol. The molecule has 6 aromatic rings. The summed E-state index contributed by atoms with van der Waals surface area (Å²) < 4.78 is 20.5. The lowest BCUT2D eigenvalue weighted by molar-refractivity contribution is -0.385. The second-order valence-corrected chi connectivity index (χ2v) is 27.0. The number of hydrogen-bond donors (Lipinski definition) is 8. The number of hydrogen-bond acceptors (Lipinski definition) is 28. The van der Waals surface area contributed by atoms with Crippen LogP contribution in [0.2, 0.25) is 5.15 Å². The summed E-state index contributed by atoms with van der Waals surface area (Å²) in [5.41, 5.74) is 20.9. The van der Waals surface area contributed by atoms with Crippen molar-refractivity contribution in [3.05, 3.63) is 169 Å². The second-order valence-electron chi connectivity index (χ2n) is 26.3. The number of aromatic nitrogens is 4. The molecule has 6 aliphatic rings. The third-order valence-electron chi connectivity index (χ3n) is 17.9. The van der Waals surface area contributed by atoms with Crippen LogP contribution >= 0.6 is 23.2 Å². The lowest BCUT2D eigenvalue weighted by Crippen LogP contribution is -2.51. The number of halogens is 2. The zero-order valence-electron chi connectivity index (χ0n) is 61.9. The normalized spacial score (nSPS) is 16.4. The summed E-state index contributed by atoms with van der Waals surface area (Å²) in [4.78, 5) is 127. The lowest BCUT2D eigenvalue weighted by Gasteiger charge is -2.38. The van der Waals surface area contributed by atoms with Crippen molar-refractivity contribution in [3.8, 4) is 11.5 Å². The summed E-state index contributed by atoms with van der Waals surface area (Å²) in [7, 11) is 0. The Morgan fingerprint density at radius 1 is 0.455 bits per heavy atom. The molecule has 110 heavy (non-hydrogen) atoms. The molecule has 0 saturated carbocycles. The van der Waals surface area contributed by atoms with Crippen molar-refractivity contribution in [2.75, 3.05) is 119 Å². The van der Waals surface area contributed by atoms with Gasteiger partial charge in [-0.2, -0.15) is 0 Å². The minimum atomic E-state index is -0.978. The first-order chi connectivity index (χ1) is 52.5. The standard InChI is InChI=1S/C19H29N5O3.C18H18N4O6.C11H15N3O2.C7H4ClNO4.C7H16N2.C6H5ClN2O.C5H11NO/c1-14(2)22-9-11-24(12-10-22)19(26)27-16-5-7-23(8-6-16)17-4-3-15(13-21-17)18(20)25;19-17(23)12-1-6-16(20-11-12)21-9-7-15(8-10-21)28-18(24)27-14-4-2-13(3-5-14)22(25)26;12-11(16)8-1-2-10(13-7-8)14-5-3-9(15)4-6-14;8-7(10)13-6-3-1-5(2-4-6)9(11)12;1-7(2)9-5-3-8-4-6-9;7-5-2-1-4(3-9-5)6(8)10;7-5-1-3-6-4-2-5/h3-4,13-14,16H,5-12H2,1-2H3,(H2,20,25);1-6,11,15H,7-10H2,(H2,19,23);1-2,7,9,15H,3-6H2,(H2,12,16);1-4H;7-8H,3-6H2,1-2H3;1-3H,(H2,8,10);5-7H,1-4H2. The Morgan fingerprint density at radius 3 is 1.12 bits per heavy atom. The average Bonchev–Trinajstić information content (AvgIpc) is 0.858. The van der Waals surface area contributed by atoms with Gasteiger partial charge in [0.25, 0.3) is 11.4 Å². The van der Waals surface area contributed by atoms with Crippen LogP contribution in [0.25, 0.3) is 0 Å². The highest BCUT2D eigenvalue weighted by Crippen LogP contribution is 2.25. The average molecular weight is 1570 g/mol. The maximum absolute atomic E-state index is 12.4. The van der Waals surface area contributed by atoms with Crippen LogP contribution in [0.1, 0.15) is 120 Å². The molecule has 37 heteroatoms. The summed E-state index contributed by atoms with van der Waals surface area (Å²) in [6.07, 6.45) is 10.3. The van der Waals surface area contributed by atoms with E-state index in [2.05, 4.69) is 82.6 Å². The monoisotopic (exact) mass is 1570 g/mol. The Labute approximate surface area is 647 Å². The third-order valence-corrected chi connectivity index (χ3v) is 18.2. The van der Waals surface area contributed by atoms with Crippen LogP contribution in [0.5, 0.6) is 11.5 Å². The number of piperazine rings is 2. The van der Waals surface area contributed by atoms with Crippen molar-refractivity contribution in [1.29, 1.82) is 0 Å². The number of piperidine rings is 4. The number of carbonyl (C=O) groups is 7. The molecule has 4 aromatic heterocycles. The fourth-order valence-electron chi connectivity index (χ4n) is 11.4. The molecule has 6 aliphatic heterocycles. The van der Waals surface area contributed by atoms with Gasteiger partial charge in [-0.25, -0.2) is 34.3 Å². The van der Waals surface area contributed by atoms with E-state index in [1.54, 1.807) is 36.4 Å². The third kappa shape index (κ3) is 31.6. The van der Waals surface area contributed by atoms with Gasteiger partial charge in [-0.1, -0.05) is 11.6 Å². The van der Waals surface area contributed by atoms with E-state index in [1.807, 2.05) is 9.80 Å². The van der Waals surface area contributed by atoms with Crippen LogP contribution in [-0.2, 0) is 9.47 Å². The van der Waals surface area contributed by atoms with Crippen LogP contribution in [0.3, 0.4) is 0 Å². The molecule has 2 aromatic carbocycles. The van der Waals surface area contributed by atoms with Crippen LogP contribution in [-0.4, -0.2) is 237 Å². The van der Waals surface area contributed by atoms with Gasteiger partial charge in [-0.05, 0) is 139 Å². The molecule has 10 heterocycles. The fraction of sp³-hybridized carbons (Fsp3) is 0.466. The predicted molar refractivity (Wildman–Crippen MR) is 412 cm³/mol. The number of pyridine rings is 4. The quantitative estimate of drug-likeness (QED) is 0.0129. The lowest BCUT2D eigenvalue weighted by atomic mass is 10.1. The molecule has 0 bridgehead atoms. The SMILES string of the molecule is CC(C)N1CCN(C(=O)OC2CCN(c3ccc(C(N)=O)cn3)CC2)CC1.CC(C)N1CCNCC1.NC(=O)c1ccc(Cl)nc1.NC(=O)c1ccc(N2CCC(O)CC2)nc1.NC(=O)c1ccc(N2CCC(OC(=O)Oc3ccc([N+](=O)[O-])cc3)CC2)nc1.O=C(Cl)Oc1ccc([N+](=O)[O-])cc1.OC1CCNCC1. The predicted octanol–water partition coefficient (Wildman–Crippen LogP) is 6.92. The van der Waals surface area contributed by atoms with Gasteiger partial charge in [0.05, 0.1) is 44.3 Å². The Kier molecular flexibility index (Phi) is 37.0. The number of nitro groups is 2. The molecule has 12 N–H and O–H groups in total. The number of rotatable bonds is 15. The molecule has 35 nitrogen and oxygen atoms in total. The molecule has 0 spiro atoms. The Morgan fingerprint density at radius 2 is 0.800 bits per heavy atom. The van der Waals surface area contributed by atoms with Crippen molar-refractivity contribution in [2.45, 2.75) is 116 Å². The maximum atomic E-state index is 12.4. The molecule has 0 atom stereocenters. The molecule has 0 radical (unpaired) electrons. The summed E-state index contributed by atoms with van der Waals surface area (Å²) in [5.74, 6) is 0.740. The first-order valence-electron chi connectivity index (χ1n) is 35.9. The Bertz CT molecular complexity index is 3860. The van der Waals surface area contributed by atoms with E-state index in [4.69, 9.17) is 65.5 Å². The van der Waals surface area contributed by atoms with Crippen molar-refractivity contribution in [3.63, 3.8) is 0 Å². The van der Waals surface area contributed by atoms with Gasteiger partial charge in [0.1, 0.15) is 46.3 Å². The van der Waals surface area contributed by atoms with Crippen molar-refractivity contribution in [1.82, 2.24) is 45.3 Å². The van der Waals surface area contributed by atoms with Gasteiger partial charge in [-0.15, -0.1) is 0 Å². The van der Waals surface area contributed by atoms with Gasteiger partial charge >= 0.3 is 17.7 Å². The summed E-state index contributed by atoms with van der Waals surface area (Å²) in [6.45, 7) is 23.2. The number of anilines is 3. The molecule has 596 valence electrons. The molecule has 6 fully saturated rings. The number of benzene rings is 2. The smallest absolute Gasteiger partial charge is 0.446 e. The van der Waals surface area contributed by atoms with Crippen LogP contribution in [0.15, 0.2) is 122 Å². The molecule has 6 saturated heterocycles. The minimum Gasteiger partial charge on any atom is -0.446 e. The summed E-state index contributed by atoms with van der Waals surface area (Å²) >= 11 is 10.4. The van der Waals surface area contributed by atoms with Crippen molar-refractivity contribution in [2.24, 2.45) is 22.9 Å². The number of carbonyl (C=O) groups excluding carboxylic acids is 7. The molecular formula is C73H98Cl2N18O17. The Hall–Kier alpha value is -10.5. The number of nitrogens with zero attached hydrogens (tertiary/aromatic N) is 12. The molecule has 0 unspecified atom stereocenters. The van der Waals surface area contributed by atoms with Gasteiger partial charge in [0.2, 0.25) is 23.6 Å². The molecule has 5 amide bonds. The van der Waals surface area contributed by atoms with E-state index in [1.165, 1.54) is 98.5 Å². The highest BCUT2D eigenvalue weighted by molar-refractivity contribution is 6.61. The van der Waals surface area contributed by atoms with E-state index < -0.39 is 45.1 Å². The highest BCUT2D eigenvalue weighted by Gasteiger charge is 2.29. The van der Waals surface area contributed by atoms with Gasteiger partial charge in [0, 0.05) is 190 Å². The topological polar surface area (TPSA) is 482 Å². The Balaban J connectivity index is 0.000000211. The van der Waals surface area contributed by atoms with Crippen LogP contribution in [0, 0.1) is 20.2 Å². The van der Waals surface area contributed by atoms with Gasteiger partial charge in [0.15, 0.2) is 0 Å². The maximum Gasteiger partial charge on any atom is 0.514 e. The first-order valence-corrected chi connectivity index (χ1v) is 36.7. The van der Waals surface area contributed by atoms with E-state index in [-0.39, 0.29) is 53.4 Å². The van der Waals surface area contributed by atoms with Gasteiger partial charge < -0.3 is 82.3 Å². The molecule has 0 aliphatic carbocycles. The first kappa shape index (κ1) is 88.4. The molecule has 12 rings (SSSR count). The number of aliphatic hydroxyl groups is 2. The van der Waals surface area contributed by atoms with E-state index in [0.29, 0.717) is 59.4 Å². The number of nitrogens with one attached hydrogen (secondary N) is 2. The number of non-ortho nitro benzene ring substituents is 2. The van der Waals surface area contributed by atoms with E-state index in [9.17, 15) is 58.9 Å². The highest BCUT2D eigenvalue weighted by atomic mass is 35.5. The summed E-state index contributed by atoms with van der Waals surface area (Å²) in [6, 6.07) is 24.8. The van der Waals surface area contributed by atoms with Gasteiger partial charge in [-0.3, -0.25) is 49.2 Å². The number of aliphatic hydroxyl groups excluding tert-OH is 2. The van der Waals surface area contributed by atoms with E-state index in [0.717, 1.165) is 141 Å². The largest absolute Gasteiger partial charge is 0.514 e. The van der Waals surface area contributed by atoms with Crippen molar-refractivity contribution < 1.29 is 72.6 Å². The number of primary amides is 4. The van der Waals surface area contributed by atoms with E-state index >= 15 is 0 Å². The minimum absolute atomic E-state index is 0.0266. The number of amides is 5. The number of nitrogens with two attached hydrogens (primary N) is 4. The second kappa shape index (κ2) is 46.1. The van der Waals surface area contributed by atoms with Crippen LogP contribution < -0.4 is 57.7 Å². The fourth-order valence-corrected chi connectivity index (χ4v) is 11.6. The zero-order chi connectivity index (χ0) is 80.2. The number of ether oxygens (including phenoxy) is 4. The zero-order valence-corrected chi connectivity index (χ0v) is 63.4. The number of nitro benzene ring substituents is 2. The van der Waals surface area contributed by atoms with Crippen LogP contribution in [0.4, 0.5) is 43.2 Å². The summed E-state index contributed by atoms with van der Waals surface area (Å²) in [5, 5.41) is 45.9. The van der Waals surface area contributed by atoms with Crippen molar-refractivity contribution >= 4 is 93.3 Å².